The smallest absolute Gasteiger partial charge is 0.400 e. The van der Waals surface area contributed by atoms with Gasteiger partial charge in [0.15, 0.2) is 10.5 Å². The van der Waals surface area contributed by atoms with Gasteiger partial charge in [-0.25, -0.2) is 4.79 Å². The summed E-state index contributed by atoms with van der Waals surface area (Å²) in [6.45, 7) is 3.48. The lowest BCUT2D eigenvalue weighted by atomic mass is 10.0. The summed E-state index contributed by atoms with van der Waals surface area (Å²) in [6.07, 6.45) is 0. The van der Waals surface area contributed by atoms with E-state index < -0.39 is 5.97 Å². The van der Waals surface area contributed by atoms with Gasteiger partial charge in [-0.1, -0.05) is 6.07 Å². The molecule has 0 saturated carbocycles. The second kappa shape index (κ2) is 3.23. The van der Waals surface area contributed by atoms with Gasteiger partial charge >= 0.3 is 11.7 Å². The number of aromatic carboxylic acids is 1. The fourth-order valence-corrected chi connectivity index (χ4v) is 1.30. The maximum atomic E-state index is 10.7. The molecule has 0 heterocycles. The molecule has 0 saturated heterocycles. The number of hydrogen-bond acceptors (Lipinski definition) is 2. The van der Waals surface area contributed by atoms with Crippen molar-refractivity contribution in [2.24, 2.45) is 0 Å². The Labute approximate surface area is 75.4 Å². The lowest BCUT2D eigenvalue weighted by molar-refractivity contribution is 0.0697. The zero-order valence-corrected chi connectivity index (χ0v) is 7.40. The molecule has 1 N–H and O–H groups in total. The topological polar surface area (TPSA) is 65.4 Å². The molecule has 4 heteroatoms. The molecule has 0 aliphatic carbocycles. The van der Waals surface area contributed by atoms with E-state index in [9.17, 15) is 4.79 Å². The van der Waals surface area contributed by atoms with E-state index >= 15 is 0 Å². The lowest BCUT2D eigenvalue weighted by Gasteiger charge is -1.97. The van der Waals surface area contributed by atoms with Crippen LogP contribution in [0.2, 0.25) is 0 Å². The molecule has 0 amide bonds. The van der Waals surface area contributed by atoms with Gasteiger partial charge in [0.2, 0.25) is 5.39 Å². The Morgan fingerprint density at radius 1 is 1.46 bits per heavy atom. The molecule has 0 atom stereocenters. The van der Waals surface area contributed by atoms with E-state index in [4.69, 9.17) is 10.5 Å². The SMILES string of the molecule is Cc1cc(C)c(C(=O)O)c([N+]#N)c1. The second-order valence-electron chi connectivity index (χ2n) is 2.88. The van der Waals surface area contributed by atoms with Gasteiger partial charge in [-0.2, -0.15) is 0 Å². The summed E-state index contributed by atoms with van der Waals surface area (Å²) in [7, 11) is 0. The van der Waals surface area contributed by atoms with Crippen molar-refractivity contribution < 1.29 is 9.90 Å². The van der Waals surface area contributed by atoms with Gasteiger partial charge in [-0.3, -0.25) is 0 Å². The van der Waals surface area contributed by atoms with Crippen molar-refractivity contribution in [3.8, 4) is 0 Å². The van der Waals surface area contributed by atoms with Crippen molar-refractivity contribution in [3.05, 3.63) is 33.8 Å². The second-order valence-corrected chi connectivity index (χ2v) is 2.88. The molecular weight excluding hydrogens is 168 g/mol. The van der Waals surface area contributed by atoms with Crippen LogP contribution in [-0.4, -0.2) is 11.1 Å². The van der Waals surface area contributed by atoms with Crippen LogP contribution in [0.25, 0.3) is 4.98 Å². The van der Waals surface area contributed by atoms with Crippen LogP contribution >= 0.6 is 0 Å². The van der Waals surface area contributed by atoms with Crippen LogP contribution in [0.3, 0.4) is 0 Å². The normalized spacial score (nSPS) is 9.31. The first-order valence-electron chi connectivity index (χ1n) is 3.76. The van der Waals surface area contributed by atoms with Gasteiger partial charge in [0.1, 0.15) is 0 Å². The third kappa shape index (κ3) is 1.64. The molecule has 0 spiro atoms. The molecule has 13 heavy (non-hydrogen) atoms. The van der Waals surface area contributed by atoms with Crippen LogP contribution < -0.4 is 0 Å². The summed E-state index contributed by atoms with van der Waals surface area (Å²) in [5.74, 6) is -1.08. The van der Waals surface area contributed by atoms with Gasteiger partial charge < -0.3 is 5.11 Å². The van der Waals surface area contributed by atoms with Gasteiger partial charge in [0.05, 0.1) is 0 Å². The third-order valence-electron chi connectivity index (χ3n) is 1.78. The number of benzene rings is 1. The van der Waals surface area contributed by atoms with Gasteiger partial charge in [-0.05, 0) is 25.0 Å². The molecule has 66 valence electrons. The molecule has 0 fully saturated rings. The fraction of sp³-hybridized carbons (Fsp3) is 0.222. The lowest BCUT2D eigenvalue weighted by Crippen LogP contribution is -2.00. The molecular formula is C9H9N2O2+. The van der Waals surface area contributed by atoms with E-state index in [2.05, 4.69) is 4.98 Å². The van der Waals surface area contributed by atoms with Gasteiger partial charge in [0, 0.05) is 6.07 Å². The van der Waals surface area contributed by atoms with Crippen LogP contribution in [0.1, 0.15) is 21.5 Å². The Morgan fingerprint density at radius 3 is 2.54 bits per heavy atom. The first-order chi connectivity index (χ1) is 6.06. The molecule has 1 aromatic rings. The molecule has 4 nitrogen and oxygen atoms in total. The number of carbonyl (C=O) groups is 1. The Hall–Kier alpha value is -1.89. The first kappa shape index (κ1) is 9.20. The zero-order chi connectivity index (χ0) is 10.0. The molecule has 1 aromatic carbocycles. The average molecular weight is 177 g/mol. The summed E-state index contributed by atoms with van der Waals surface area (Å²) >= 11 is 0. The number of nitrogens with zero attached hydrogens (tertiary/aromatic N) is 2. The molecule has 1 rings (SSSR count). The molecule has 0 radical (unpaired) electrons. The Bertz CT molecular complexity index is 405. The van der Waals surface area contributed by atoms with Crippen LogP contribution in [0.15, 0.2) is 12.1 Å². The molecule has 0 aliphatic heterocycles. The Balaban J connectivity index is 3.50. The highest BCUT2D eigenvalue weighted by atomic mass is 16.4. The van der Waals surface area contributed by atoms with Gasteiger partial charge in [-0.15, -0.1) is 0 Å². The van der Waals surface area contributed by atoms with Crippen molar-refractivity contribution in [1.29, 1.82) is 5.39 Å². The van der Waals surface area contributed by atoms with Crippen molar-refractivity contribution >= 4 is 11.7 Å². The fourth-order valence-electron chi connectivity index (χ4n) is 1.30. The highest BCUT2D eigenvalue weighted by molar-refractivity contribution is 5.96. The number of carboxylic acids is 1. The van der Waals surface area contributed by atoms with E-state index in [1.807, 2.05) is 6.92 Å². The van der Waals surface area contributed by atoms with E-state index in [-0.39, 0.29) is 11.3 Å². The molecule has 0 aromatic heterocycles. The highest BCUT2D eigenvalue weighted by Gasteiger charge is 2.22. The van der Waals surface area contributed by atoms with Crippen molar-refractivity contribution in [1.82, 2.24) is 0 Å². The van der Waals surface area contributed by atoms with Gasteiger partial charge in [0.25, 0.3) is 0 Å². The third-order valence-corrected chi connectivity index (χ3v) is 1.78. The van der Waals surface area contributed by atoms with Crippen LogP contribution in [0, 0.1) is 19.2 Å². The summed E-state index contributed by atoms with van der Waals surface area (Å²) < 4.78 is 0. The molecule has 0 bridgehead atoms. The van der Waals surface area contributed by atoms with Crippen molar-refractivity contribution in [3.63, 3.8) is 0 Å². The number of carboxylic acid groups (broad SMARTS) is 1. The maximum absolute atomic E-state index is 10.7. The summed E-state index contributed by atoms with van der Waals surface area (Å²) in [6, 6.07) is 3.26. The van der Waals surface area contributed by atoms with E-state index in [0.717, 1.165) is 5.56 Å². The first-order valence-corrected chi connectivity index (χ1v) is 3.76. The maximum Gasteiger partial charge on any atom is 0.400 e. The number of rotatable bonds is 1. The molecule has 0 aliphatic rings. The van der Waals surface area contributed by atoms with Crippen LogP contribution in [-0.2, 0) is 0 Å². The minimum absolute atomic E-state index is 0.0492. The Kier molecular flexibility index (Phi) is 2.29. The van der Waals surface area contributed by atoms with E-state index in [0.29, 0.717) is 5.56 Å². The predicted octanol–water partition coefficient (Wildman–Crippen LogP) is 2.49. The monoisotopic (exact) mass is 177 g/mol. The minimum Gasteiger partial charge on any atom is -0.477 e. The number of hydrogen-bond donors (Lipinski definition) is 1. The summed E-state index contributed by atoms with van der Waals surface area (Å²) in [5.41, 5.74) is 1.62. The van der Waals surface area contributed by atoms with E-state index in [1.54, 1.807) is 13.0 Å². The summed E-state index contributed by atoms with van der Waals surface area (Å²) in [4.78, 5) is 13.7. The largest absolute Gasteiger partial charge is 0.477 e. The quantitative estimate of drug-likeness (QED) is 0.670. The average Bonchev–Trinajstić information content (AvgIpc) is 2.01. The van der Waals surface area contributed by atoms with Crippen molar-refractivity contribution in [2.75, 3.05) is 0 Å². The zero-order valence-electron chi connectivity index (χ0n) is 7.40. The predicted molar refractivity (Wildman–Crippen MR) is 47.6 cm³/mol. The standard InChI is InChI=1S/C9H8N2O2/c1-5-3-6(2)8(9(12)13)7(4-5)11-10/h3-4H,1-2H3/p+1. The van der Waals surface area contributed by atoms with Crippen molar-refractivity contribution in [2.45, 2.75) is 13.8 Å². The summed E-state index contributed by atoms with van der Waals surface area (Å²) in [5, 5.41) is 17.4. The molecule has 0 unspecified atom stereocenters. The van der Waals surface area contributed by atoms with E-state index in [1.165, 1.54) is 6.07 Å². The minimum atomic E-state index is -1.08. The van der Waals surface area contributed by atoms with Crippen LogP contribution in [0.4, 0.5) is 5.69 Å². The highest BCUT2D eigenvalue weighted by Crippen LogP contribution is 2.24. The number of diazo groups is 1. The Morgan fingerprint density at radius 2 is 2.08 bits per heavy atom. The van der Waals surface area contributed by atoms with Crippen LogP contribution in [0.5, 0.6) is 0 Å². The number of aryl methyl sites for hydroxylation is 2.